The van der Waals surface area contributed by atoms with Gasteiger partial charge in [-0.25, -0.2) is 0 Å². The van der Waals surface area contributed by atoms with Crippen LogP contribution in [0.4, 0.5) is 0 Å². The van der Waals surface area contributed by atoms with E-state index in [9.17, 15) is 5.11 Å². The average molecular weight is 251 g/mol. The summed E-state index contributed by atoms with van der Waals surface area (Å²) >= 11 is 5.67. The summed E-state index contributed by atoms with van der Waals surface area (Å²) in [5.74, 6) is 0.118. The van der Waals surface area contributed by atoms with Crippen molar-refractivity contribution in [3.63, 3.8) is 0 Å². The van der Waals surface area contributed by atoms with Gasteiger partial charge in [0.05, 0.1) is 7.05 Å². The number of hydrogen-bond acceptors (Lipinski definition) is 3. The number of halogens is 1. The van der Waals surface area contributed by atoms with Gasteiger partial charge in [0.25, 0.3) is 6.33 Å². The minimum atomic E-state index is -0.316. The summed E-state index contributed by atoms with van der Waals surface area (Å²) in [5.41, 5.74) is 1.49. The lowest BCUT2D eigenvalue weighted by Crippen LogP contribution is -2.32. The van der Waals surface area contributed by atoms with E-state index in [2.05, 4.69) is 10.2 Å². The third-order valence-electron chi connectivity index (χ3n) is 2.20. The molecule has 1 aromatic heterocycles. The second-order valence-corrected chi connectivity index (χ2v) is 3.80. The highest BCUT2D eigenvalue weighted by atomic mass is 35.5. The lowest BCUT2D eigenvalue weighted by atomic mass is 10.1. The van der Waals surface area contributed by atoms with Crippen molar-refractivity contribution in [2.24, 2.45) is 12.1 Å². The van der Waals surface area contributed by atoms with Gasteiger partial charge in [-0.3, -0.25) is 0 Å². The predicted molar refractivity (Wildman–Crippen MR) is 61.3 cm³/mol. The molecule has 88 valence electrons. The van der Waals surface area contributed by atoms with Crippen LogP contribution in [0.15, 0.2) is 42.0 Å². The Morgan fingerprint density at radius 3 is 2.71 bits per heavy atom. The maximum absolute atomic E-state index is 11.8. The van der Waals surface area contributed by atoms with Crippen molar-refractivity contribution >= 4 is 17.5 Å². The first-order chi connectivity index (χ1) is 8.19. The van der Waals surface area contributed by atoms with Gasteiger partial charge >= 0.3 is 0 Å². The summed E-state index contributed by atoms with van der Waals surface area (Å²) in [6, 6.07) is 7.04. The van der Waals surface area contributed by atoms with Gasteiger partial charge in [-0.1, -0.05) is 24.3 Å². The molecule has 2 aromatic rings. The maximum Gasteiger partial charge on any atom is 0.288 e. The van der Waals surface area contributed by atoms with E-state index in [0.29, 0.717) is 11.4 Å². The molecule has 0 spiro atoms. The highest BCUT2D eigenvalue weighted by Crippen LogP contribution is 2.06. The number of alkyl halides is 1. The zero-order valence-electron chi connectivity index (χ0n) is 9.25. The molecule has 0 unspecified atom stereocenters. The Kier molecular flexibility index (Phi) is 3.39. The molecule has 0 aliphatic carbocycles. The average Bonchev–Trinajstić information content (AvgIpc) is 2.75. The molecule has 0 aliphatic rings. The Morgan fingerprint density at radius 1 is 1.47 bits per heavy atom. The van der Waals surface area contributed by atoms with E-state index in [1.807, 2.05) is 12.1 Å². The van der Waals surface area contributed by atoms with Crippen LogP contribution in [-0.4, -0.2) is 15.7 Å². The van der Waals surface area contributed by atoms with E-state index in [1.165, 1.54) is 11.0 Å². The molecule has 0 saturated carbocycles. The van der Waals surface area contributed by atoms with Crippen molar-refractivity contribution in [2.45, 2.75) is 5.88 Å². The van der Waals surface area contributed by atoms with E-state index in [1.54, 1.807) is 30.2 Å². The molecular weight excluding hydrogens is 240 g/mol. The standard InChI is InChI=1S/C11H11ClN4O/c1-15-8-16(7-13-15)14-11(17)10-4-2-9(6-12)3-5-10/h2-5,7-8H,6H2,1H3. The number of hydrogen-bond donors (Lipinski definition) is 0. The highest BCUT2D eigenvalue weighted by molar-refractivity contribution is 6.17. The SMILES string of the molecule is Cn1c[n+](/N=C(\[O-])c2ccc(CCl)cc2)cn1. The monoisotopic (exact) mass is 250 g/mol. The predicted octanol–water partition coefficient (Wildman–Crippen LogP) is 0.0166. The Bertz CT molecular complexity index is 533. The van der Waals surface area contributed by atoms with Crippen LogP contribution < -0.4 is 9.78 Å². The van der Waals surface area contributed by atoms with Crippen LogP contribution in [0, 0.1) is 0 Å². The molecule has 0 radical (unpaired) electrons. The van der Waals surface area contributed by atoms with Crippen LogP contribution in [-0.2, 0) is 12.9 Å². The number of benzene rings is 1. The summed E-state index contributed by atoms with van der Waals surface area (Å²) in [6.45, 7) is 0. The van der Waals surface area contributed by atoms with E-state index in [4.69, 9.17) is 11.6 Å². The van der Waals surface area contributed by atoms with Crippen molar-refractivity contribution in [1.29, 1.82) is 0 Å². The topological polar surface area (TPSA) is 57.1 Å². The zero-order valence-corrected chi connectivity index (χ0v) is 10.0. The fraction of sp³-hybridized carbons (Fsp3) is 0.182. The lowest BCUT2D eigenvalue weighted by molar-refractivity contribution is -0.682. The zero-order chi connectivity index (χ0) is 12.3. The second kappa shape index (κ2) is 4.97. The van der Waals surface area contributed by atoms with Gasteiger partial charge in [0, 0.05) is 16.9 Å². The fourth-order valence-electron chi connectivity index (χ4n) is 1.32. The van der Waals surface area contributed by atoms with E-state index in [0.717, 1.165) is 5.56 Å². The Balaban J connectivity index is 2.23. The van der Waals surface area contributed by atoms with Gasteiger partial charge in [0.15, 0.2) is 0 Å². The van der Waals surface area contributed by atoms with Crippen LogP contribution in [0.25, 0.3) is 0 Å². The minimum absolute atomic E-state index is 0.316. The number of aromatic nitrogens is 3. The molecule has 0 N–H and O–H groups in total. The van der Waals surface area contributed by atoms with Crippen LogP contribution in [0.3, 0.4) is 0 Å². The van der Waals surface area contributed by atoms with Crippen molar-refractivity contribution in [1.82, 2.24) is 9.78 Å². The van der Waals surface area contributed by atoms with Crippen molar-refractivity contribution in [2.75, 3.05) is 0 Å². The molecule has 6 heteroatoms. The quantitative estimate of drug-likeness (QED) is 0.334. The van der Waals surface area contributed by atoms with Gasteiger partial charge in [0.2, 0.25) is 6.33 Å². The lowest BCUT2D eigenvalue weighted by Gasteiger charge is -2.08. The van der Waals surface area contributed by atoms with Gasteiger partial charge < -0.3 is 5.11 Å². The summed E-state index contributed by atoms with van der Waals surface area (Å²) < 4.78 is 2.94. The summed E-state index contributed by atoms with van der Waals surface area (Å²) in [5, 5.41) is 19.5. The molecular formula is C11H11ClN4O. The summed E-state index contributed by atoms with van der Waals surface area (Å²) in [4.78, 5) is 0. The third-order valence-corrected chi connectivity index (χ3v) is 2.51. The fourth-order valence-corrected chi connectivity index (χ4v) is 1.49. The number of aryl methyl sites for hydroxylation is 1. The highest BCUT2D eigenvalue weighted by Gasteiger charge is 1.99. The van der Waals surface area contributed by atoms with Gasteiger partial charge in [-0.2, -0.15) is 0 Å². The molecule has 1 heterocycles. The molecule has 0 bridgehead atoms. The van der Waals surface area contributed by atoms with Crippen LogP contribution in [0.2, 0.25) is 0 Å². The normalized spacial score (nSPS) is 11.8. The first kappa shape index (κ1) is 11.6. The third kappa shape index (κ3) is 2.82. The molecule has 0 fully saturated rings. The largest absolute Gasteiger partial charge is 0.856 e. The Hall–Kier alpha value is -1.88. The van der Waals surface area contributed by atoms with Crippen molar-refractivity contribution in [3.8, 4) is 0 Å². The van der Waals surface area contributed by atoms with Gasteiger partial charge in [0.1, 0.15) is 0 Å². The molecule has 5 nitrogen and oxygen atoms in total. The van der Waals surface area contributed by atoms with Gasteiger partial charge in [-0.05, 0) is 11.1 Å². The van der Waals surface area contributed by atoms with Gasteiger partial charge in [-0.15, -0.1) is 26.1 Å². The number of nitrogens with zero attached hydrogens (tertiary/aromatic N) is 4. The van der Waals surface area contributed by atoms with Crippen molar-refractivity contribution < 1.29 is 9.78 Å². The maximum atomic E-state index is 11.8. The smallest absolute Gasteiger partial charge is 0.288 e. The van der Waals surface area contributed by atoms with E-state index < -0.39 is 0 Å². The van der Waals surface area contributed by atoms with E-state index in [-0.39, 0.29) is 5.90 Å². The molecule has 1 aromatic carbocycles. The Morgan fingerprint density at radius 2 is 2.18 bits per heavy atom. The first-order valence-electron chi connectivity index (χ1n) is 5.00. The molecule has 0 aliphatic heterocycles. The minimum Gasteiger partial charge on any atom is -0.856 e. The first-order valence-corrected chi connectivity index (χ1v) is 5.53. The Labute approximate surface area is 104 Å². The molecule has 2 rings (SSSR count). The molecule has 17 heavy (non-hydrogen) atoms. The number of rotatable bonds is 3. The molecule has 0 amide bonds. The second-order valence-electron chi connectivity index (χ2n) is 3.54. The van der Waals surface area contributed by atoms with Crippen molar-refractivity contribution in [3.05, 3.63) is 48.0 Å². The van der Waals surface area contributed by atoms with Crippen LogP contribution >= 0.6 is 11.6 Å². The summed E-state index contributed by atoms with van der Waals surface area (Å²) in [7, 11) is 1.76. The van der Waals surface area contributed by atoms with E-state index >= 15 is 0 Å². The molecule has 0 saturated heterocycles. The van der Waals surface area contributed by atoms with Crippen LogP contribution in [0.5, 0.6) is 0 Å². The molecule has 0 atom stereocenters. The van der Waals surface area contributed by atoms with Crippen LogP contribution in [0.1, 0.15) is 11.1 Å². The summed E-state index contributed by atoms with van der Waals surface area (Å²) in [6.07, 6.45) is 3.07.